The summed E-state index contributed by atoms with van der Waals surface area (Å²) in [4.78, 5) is 20.2. The molecule has 1 aromatic rings. The summed E-state index contributed by atoms with van der Waals surface area (Å²) in [6, 6.07) is 3.62. The van der Waals surface area contributed by atoms with Gasteiger partial charge in [-0.1, -0.05) is 17.7 Å². The largest absolute Gasteiger partial charge is 0.335 e. The lowest BCUT2D eigenvalue weighted by molar-refractivity contribution is -0.464. The van der Waals surface area contributed by atoms with Crippen LogP contribution in [-0.4, -0.2) is 40.3 Å². The van der Waals surface area contributed by atoms with E-state index in [9.17, 15) is 10.1 Å². The second-order valence-corrected chi connectivity index (χ2v) is 4.20. The zero-order valence-corrected chi connectivity index (χ0v) is 11.7. The standard InChI is InChI=1S/C12H17ClN4O2/c1-3-15-11(9-17(18)19)16(4-2)12(13)10-6-5-7-14-8-10/h5-8,12H,3-4,9H2,1-2H3. The normalized spacial score (nSPS) is 13.1. The fraction of sp³-hybridized carbons (Fsp3) is 0.500. The van der Waals surface area contributed by atoms with E-state index in [1.165, 1.54) is 0 Å². The van der Waals surface area contributed by atoms with Gasteiger partial charge in [0.25, 0.3) is 6.54 Å². The van der Waals surface area contributed by atoms with Crippen molar-refractivity contribution in [1.82, 2.24) is 9.88 Å². The lowest BCUT2D eigenvalue weighted by Gasteiger charge is -2.27. The van der Waals surface area contributed by atoms with Gasteiger partial charge in [-0.3, -0.25) is 20.1 Å². The Morgan fingerprint density at radius 2 is 2.37 bits per heavy atom. The maximum atomic E-state index is 10.7. The Hall–Kier alpha value is -1.69. The van der Waals surface area contributed by atoms with E-state index >= 15 is 0 Å². The third-order valence-electron chi connectivity index (χ3n) is 2.52. The summed E-state index contributed by atoms with van der Waals surface area (Å²) in [5.41, 5.74) is 0.280. The summed E-state index contributed by atoms with van der Waals surface area (Å²) in [7, 11) is 0. The number of nitro groups is 1. The maximum Gasteiger partial charge on any atom is 0.260 e. The van der Waals surface area contributed by atoms with E-state index in [1.54, 1.807) is 23.4 Å². The molecule has 0 aliphatic rings. The van der Waals surface area contributed by atoms with Crippen molar-refractivity contribution in [3.05, 3.63) is 40.2 Å². The molecule has 19 heavy (non-hydrogen) atoms. The van der Waals surface area contributed by atoms with Crippen LogP contribution in [0.2, 0.25) is 0 Å². The fourth-order valence-electron chi connectivity index (χ4n) is 1.70. The van der Waals surface area contributed by atoms with Crippen molar-refractivity contribution in [2.24, 2.45) is 4.99 Å². The van der Waals surface area contributed by atoms with Gasteiger partial charge in [-0.05, 0) is 19.9 Å². The summed E-state index contributed by atoms with van der Waals surface area (Å²) in [6.07, 6.45) is 3.30. The van der Waals surface area contributed by atoms with Gasteiger partial charge in [0.1, 0.15) is 5.50 Å². The Morgan fingerprint density at radius 3 is 2.84 bits per heavy atom. The summed E-state index contributed by atoms with van der Waals surface area (Å²) in [6.45, 7) is 4.41. The van der Waals surface area contributed by atoms with Crippen molar-refractivity contribution < 1.29 is 4.92 Å². The maximum absolute atomic E-state index is 10.7. The quantitative estimate of drug-likeness (QED) is 0.201. The van der Waals surface area contributed by atoms with Crippen LogP contribution in [0.5, 0.6) is 0 Å². The number of hydrogen-bond acceptors (Lipinski definition) is 4. The van der Waals surface area contributed by atoms with Crippen LogP contribution in [0.15, 0.2) is 29.5 Å². The fourth-order valence-corrected chi connectivity index (χ4v) is 2.08. The lowest BCUT2D eigenvalue weighted by Crippen LogP contribution is -2.37. The van der Waals surface area contributed by atoms with E-state index in [0.29, 0.717) is 18.9 Å². The first-order valence-corrected chi connectivity index (χ1v) is 6.49. The Kier molecular flexibility index (Phi) is 6.21. The number of halogens is 1. The summed E-state index contributed by atoms with van der Waals surface area (Å²) < 4.78 is 0. The monoisotopic (exact) mass is 284 g/mol. The second kappa shape index (κ2) is 7.68. The summed E-state index contributed by atoms with van der Waals surface area (Å²) >= 11 is 6.37. The third kappa shape index (κ3) is 4.48. The Morgan fingerprint density at radius 1 is 1.63 bits per heavy atom. The van der Waals surface area contributed by atoms with Crippen LogP contribution < -0.4 is 0 Å². The van der Waals surface area contributed by atoms with E-state index in [4.69, 9.17) is 11.6 Å². The molecule has 0 N–H and O–H groups in total. The second-order valence-electron chi connectivity index (χ2n) is 3.79. The van der Waals surface area contributed by atoms with E-state index in [0.717, 1.165) is 5.56 Å². The molecule has 1 rings (SSSR count). The van der Waals surface area contributed by atoms with E-state index in [1.807, 2.05) is 19.9 Å². The number of alkyl halides is 1. The average molecular weight is 285 g/mol. The predicted molar refractivity (Wildman–Crippen MR) is 75.0 cm³/mol. The number of aliphatic imine (C=N–C) groups is 1. The van der Waals surface area contributed by atoms with Crippen LogP contribution in [-0.2, 0) is 0 Å². The molecule has 0 saturated carbocycles. The highest BCUT2D eigenvalue weighted by molar-refractivity contribution is 6.21. The zero-order chi connectivity index (χ0) is 14.3. The molecule has 1 unspecified atom stereocenters. The van der Waals surface area contributed by atoms with Crippen LogP contribution in [0, 0.1) is 10.1 Å². The van der Waals surface area contributed by atoms with Crippen molar-refractivity contribution in [2.45, 2.75) is 19.3 Å². The Bertz CT molecular complexity index is 439. The average Bonchev–Trinajstić information content (AvgIpc) is 2.40. The van der Waals surface area contributed by atoms with Gasteiger partial charge in [-0.15, -0.1) is 0 Å². The molecule has 7 heteroatoms. The number of pyridine rings is 1. The lowest BCUT2D eigenvalue weighted by atomic mass is 10.2. The van der Waals surface area contributed by atoms with E-state index < -0.39 is 10.4 Å². The highest BCUT2D eigenvalue weighted by atomic mass is 35.5. The van der Waals surface area contributed by atoms with Crippen LogP contribution in [0.4, 0.5) is 0 Å². The molecule has 0 aliphatic carbocycles. The molecule has 1 atom stereocenters. The Balaban J connectivity index is 2.97. The minimum atomic E-state index is -0.510. The molecule has 0 bridgehead atoms. The first-order chi connectivity index (χ1) is 9.10. The molecule has 1 heterocycles. The predicted octanol–water partition coefficient (Wildman–Crippen LogP) is 2.34. The van der Waals surface area contributed by atoms with Gasteiger partial charge >= 0.3 is 0 Å². The van der Waals surface area contributed by atoms with Gasteiger partial charge in [-0.25, -0.2) is 0 Å². The van der Waals surface area contributed by atoms with Crippen LogP contribution in [0.25, 0.3) is 0 Å². The minimum Gasteiger partial charge on any atom is -0.335 e. The highest BCUT2D eigenvalue weighted by Gasteiger charge is 2.23. The van der Waals surface area contributed by atoms with Crippen molar-refractivity contribution >= 4 is 17.4 Å². The molecule has 0 aromatic carbocycles. The molecule has 0 saturated heterocycles. The molecule has 0 radical (unpaired) electrons. The number of hydrogen-bond donors (Lipinski definition) is 0. The van der Waals surface area contributed by atoms with Crippen molar-refractivity contribution in [3.63, 3.8) is 0 Å². The first-order valence-electron chi connectivity index (χ1n) is 6.05. The molecule has 1 aromatic heterocycles. The Labute approximate surface area is 117 Å². The van der Waals surface area contributed by atoms with Gasteiger partial charge in [-0.2, -0.15) is 0 Å². The van der Waals surface area contributed by atoms with Crippen molar-refractivity contribution in [3.8, 4) is 0 Å². The smallest absolute Gasteiger partial charge is 0.260 e. The number of likely N-dealkylation sites (N-methyl/N-ethyl adjacent to an activating group) is 1. The third-order valence-corrected chi connectivity index (χ3v) is 3.00. The van der Waals surface area contributed by atoms with Crippen LogP contribution >= 0.6 is 11.6 Å². The van der Waals surface area contributed by atoms with Gasteiger partial charge in [0.15, 0.2) is 5.84 Å². The molecular weight excluding hydrogens is 268 g/mol. The van der Waals surface area contributed by atoms with Gasteiger partial charge in [0, 0.05) is 36.0 Å². The SMILES string of the molecule is CCN=C(C[N+](=O)[O-])N(CC)C(Cl)c1cccnc1. The molecule has 104 valence electrons. The summed E-state index contributed by atoms with van der Waals surface area (Å²) in [5, 5.41) is 10.7. The topological polar surface area (TPSA) is 71.6 Å². The molecular formula is C12H17ClN4O2. The minimum absolute atomic E-state index is 0.328. The summed E-state index contributed by atoms with van der Waals surface area (Å²) in [5.74, 6) is 0.388. The first kappa shape index (κ1) is 15.4. The van der Waals surface area contributed by atoms with E-state index in [-0.39, 0.29) is 6.54 Å². The number of aromatic nitrogens is 1. The van der Waals surface area contributed by atoms with Gasteiger partial charge < -0.3 is 4.90 Å². The number of rotatable bonds is 6. The number of amidine groups is 1. The molecule has 0 amide bonds. The van der Waals surface area contributed by atoms with Crippen molar-refractivity contribution in [2.75, 3.05) is 19.6 Å². The van der Waals surface area contributed by atoms with Gasteiger partial charge in [0.2, 0.25) is 0 Å². The van der Waals surface area contributed by atoms with Crippen LogP contribution in [0.1, 0.15) is 24.9 Å². The molecule has 6 nitrogen and oxygen atoms in total. The molecule has 0 spiro atoms. The zero-order valence-electron chi connectivity index (χ0n) is 11.0. The van der Waals surface area contributed by atoms with Crippen molar-refractivity contribution in [1.29, 1.82) is 0 Å². The van der Waals surface area contributed by atoms with Gasteiger partial charge in [0.05, 0.1) is 0 Å². The highest BCUT2D eigenvalue weighted by Crippen LogP contribution is 2.24. The van der Waals surface area contributed by atoms with Crippen LogP contribution in [0.3, 0.4) is 0 Å². The van der Waals surface area contributed by atoms with E-state index in [2.05, 4.69) is 9.98 Å². The number of nitrogens with zero attached hydrogens (tertiary/aromatic N) is 4. The molecule has 0 aliphatic heterocycles. The molecule has 0 fully saturated rings.